The molecule has 2 heterocycles. The molecule has 1 aliphatic carbocycles. The van der Waals surface area contributed by atoms with Crippen molar-refractivity contribution in [3.63, 3.8) is 0 Å². The molecule has 6 nitrogen and oxygen atoms in total. The highest BCUT2D eigenvalue weighted by Crippen LogP contribution is 2.27. The molecular formula is C22H23FN2O4. The van der Waals surface area contributed by atoms with E-state index < -0.39 is 23.8 Å². The summed E-state index contributed by atoms with van der Waals surface area (Å²) in [5, 5.41) is 2.90. The minimum Gasteiger partial charge on any atom is -0.460 e. The third-order valence-corrected chi connectivity index (χ3v) is 5.42. The quantitative estimate of drug-likeness (QED) is 0.655. The molecule has 29 heavy (non-hydrogen) atoms. The Bertz CT molecular complexity index is 1060. The van der Waals surface area contributed by atoms with Crippen molar-refractivity contribution in [1.29, 1.82) is 0 Å². The van der Waals surface area contributed by atoms with Crippen LogP contribution in [0.1, 0.15) is 53.6 Å². The Hall–Kier alpha value is -3.09. The van der Waals surface area contributed by atoms with Crippen LogP contribution in [0, 0.1) is 12.7 Å². The minimum atomic E-state index is -1.37. The lowest BCUT2D eigenvalue weighted by molar-refractivity contribution is -0.131. The molecule has 4 rings (SSSR count). The van der Waals surface area contributed by atoms with Gasteiger partial charge in [-0.1, -0.05) is 31.0 Å². The smallest absolute Gasteiger partial charge is 0.356 e. The van der Waals surface area contributed by atoms with Crippen molar-refractivity contribution >= 4 is 23.0 Å². The number of aromatic nitrogens is 1. The predicted octanol–water partition coefficient (Wildman–Crippen LogP) is 4.18. The number of esters is 1. The fourth-order valence-electron chi connectivity index (χ4n) is 3.89. The van der Waals surface area contributed by atoms with Gasteiger partial charge < -0.3 is 19.0 Å². The molecule has 1 atom stereocenters. The van der Waals surface area contributed by atoms with Gasteiger partial charge in [-0.2, -0.15) is 0 Å². The van der Waals surface area contributed by atoms with E-state index in [0.29, 0.717) is 5.58 Å². The number of amides is 1. The van der Waals surface area contributed by atoms with Gasteiger partial charge in [0.15, 0.2) is 5.58 Å². The maximum Gasteiger partial charge on any atom is 0.356 e. The van der Waals surface area contributed by atoms with Crippen LogP contribution in [0.4, 0.5) is 4.39 Å². The molecule has 1 amide bonds. The average Bonchev–Trinajstić information content (AvgIpc) is 3.39. The Morgan fingerprint density at radius 3 is 2.66 bits per heavy atom. The molecule has 0 saturated heterocycles. The largest absolute Gasteiger partial charge is 0.460 e. The van der Waals surface area contributed by atoms with Gasteiger partial charge in [0, 0.05) is 30.8 Å². The maximum absolute atomic E-state index is 14.4. The van der Waals surface area contributed by atoms with Gasteiger partial charge >= 0.3 is 5.97 Å². The second kappa shape index (κ2) is 7.73. The zero-order chi connectivity index (χ0) is 20.5. The van der Waals surface area contributed by atoms with E-state index in [1.807, 2.05) is 13.0 Å². The summed E-state index contributed by atoms with van der Waals surface area (Å²) in [5.74, 6) is -1.09. The molecule has 1 saturated carbocycles. The van der Waals surface area contributed by atoms with Crippen LogP contribution >= 0.6 is 0 Å². The zero-order valence-corrected chi connectivity index (χ0v) is 16.4. The highest BCUT2D eigenvalue weighted by molar-refractivity contribution is 5.96. The number of hydrogen-bond donors (Lipinski definition) is 1. The Balaban J connectivity index is 1.62. The van der Waals surface area contributed by atoms with Crippen LogP contribution in [-0.2, 0) is 16.6 Å². The topological polar surface area (TPSA) is 73.5 Å². The number of benzene rings is 1. The standard InChI is InChI=1S/C22H23FN2O4/c1-13-11-17-19(28-13)12-18(25(17)2)22(27)29-20(15-9-5-6-10-16(15)23)21(26)24-14-7-3-4-8-14/h5-6,9-12,14,20H,3-4,7-8H2,1-2H3,(H,24,26). The number of nitrogens with one attached hydrogen (secondary N) is 1. The van der Waals surface area contributed by atoms with E-state index in [2.05, 4.69) is 5.32 Å². The molecule has 3 aromatic rings. The highest BCUT2D eigenvalue weighted by atomic mass is 19.1. The summed E-state index contributed by atoms with van der Waals surface area (Å²) in [4.78, 5) is 25.8. The monoisotopic (exact) mass is 398 g/mol. The first-order valence-corrected chi connectivity index (χ1v) is 9.75. The third kappa shape index (κ3) is 3.77. The van der Waals surface area contributed by atoms with Crippen molar-refractivity contribution < 1.29 is 23.1 Å². The minimum absolute atomic E-state index is 0.0239. The molecular weight excluding hydrogens is 375 g/mol. The SMILES string of the molecule is Cc1cc2c(cc(C(=O)OC(C(=O)NC3CCCC3)c3ccccc3F)n2C)o1. The van der Waals surface area contributed by atoms with Gasteiger partial charge in [0.05, 0.1) is 5.52 Å². The fraction of sp³-hybridized carbons (Fsp3) is 0.364. The number of nitrogens with zero attached hydrogens (tertiary/aromatic N) is 1. The number of carbonyl (C=O) groups excluding carboxylic acids is 2. The lowest BCUT2D eigenvalue weighted by Crippen LogP contribution is -2.38. The summed E-state index contributed by atoms with van der Waals surface area (Å²) in [6.07, 6.45) is 2.45. The van der Waals surface area contributed by atoms with E-state index in [4.69, 9.17) is 9.15 Å². The van der Waals surface area contributed by atoms with E-state index in [1.54, 1.807) is 23.7 Å². The van der Waals surface area contributed by atoms with Gasteiger partial charge in [0.2, 0.25) is 6.10 Å². The molecule has 0 radical (unpaired) electrons. The predicted molar refractivity (Wildman–Crippen MR) is 105 cm³/mol. The van der Waals surface area contributed by atoms with Crippen LogP contribution in [0.3, 0.4) is 0 Å². The van der Waals surface area contributed by atoms with Gasteiger partial charge in [-0.05, 0) is 25.8 Å². The molecule has 1 aliphatic rings. The van der Waals surface area contributed by atoms with E-state index in [1.165, 1.54) is 18.2 Å². The Morgan fingerprint density at radius 2 is 1.97 bits per heavy atom. The van der Waals surface area contributed by atoms with Gasteiger partial charge in [0.25, 0.3) is 5.91 Å². The third-order valence-electron chi connectivity index (χ3n) is 5.42. The molecule has 7 heteroatoms. The van der Waals surface area contributed by atoms with E-state index >= 15 is 0 Å². The summed E-state index contributed by atoms with van der Waals surface area (Å²) in [5.41, 5.74) is 1.56. The number of halogens is 1. The van der Waals surface area contributed by atoms with Gasteiger partial charge in [-0.15, -0.1) is 0 Å². The van der Waals surface area contributed by atoms with Crippen LogP contribution in [0.2, 0.25) is 0 Å². The number of fused-ring (bicyclic) bond motifs is 1. The van der Waals surface area contributed by atoms with Gasteiger partial charge in [0.1, 0.15) is 17.3 Å². The molecule has 0 bridgehead atoms. The molecule has 152 valence electrons. The molecule has 0 aliphatic heterocycles. The first kappa shape index (κ1) is 19.2. The number of aryl methyl sites for hydroxylation is 2. The molecule has 0 spiro atoms. The molecule has 1 fully saturated rings. The average molecular weight is 398 g/mol. The number of carbonyl (C=O) groups is 2. The van der Waals surface area contributed by atoms with Crippen molar-refractivity contribution in [2.45, 2.75) is 44.8 Å². The number of hydrogen-bond acceptors (Lipinski definition) is 4. The van der Waals surface area contributed by atoms with Crippen molar-refractivity contribution in [2.24, 2.45) is 7.05 Å². The zero-order valence-electron chi connectivity index (χ0n) is 16.4. The Labute approximate surface area is 167 Å². The van der Waals surface area contributed by atoms with Crippen molar-refractivity contribution in [3.8, 4) is 0 Å². The maximum atomic E-state index is 14.4. The number of ether oxygens (including phenoxy) is 1. The summed E-state index contributed by atoms with van der Waals surface area (Å²) >= 11 is 0. The second-order valence-corrected chi connectivity index (χ2v) is 7.49. The van der Waals surface area contributed by atoms with Crippen molar-refractivity contribution in [1.82, 2.24) is 9.88 Å². The summed E-state index contributed by atoms with van der Waals surface area (Å²) in [7, 11) is 1.71. The number of rotatable bonds is 5. The normalized spacial score (nSPS) is 15.6. The molecule has 1 aromatic carbocycles. The van der Waals surface area contributed by atoms with Crippen LogP contribution < -0.4 is 5.32 Å². The Kier molecular flexibility index (Phi) is 5.13. The first-order valence-electron chi connectivity index (χ1n) is 9.75. The van der Waals surface area contributed by atoms with E-state index in [-0.39, 0.29) is 17.3 Å². The summed E-state index contributed by atoms with van der Waals surface area (Å²) in [6.45, 7) is 1.82. The van der Waals surface area contributed by atoms with Gasteiger partial charge in [-0.3, -0.25) is 4.79 Å². The lowest BCUT2D eigenvalue weighted by Gasteiger charge is -2.21. The van der Waals surface area contributed by atoms with Crippen LogP contribution in [-0.4, -0.2) is 22.5 Å². The summed E-state index contributed by atoms with van der Waals surface area (Å²) in [6, 6.07) is 9.25. The second-order valence-electron chi connectivity index (χ2n) is 7.49. The van der Waals surface area contributed by atoms with E-state index in [9.17, 15) is 14.0 Å². The van der Waals surface area contributed by atoms with Crippen LogP contribution in [0.5, 0.6) is 0 Å². The lowest BCUT2D eigenvalue weighted by atomic mass is 10.1. The molecule has 1 unspecified atom stereocenters. The molecule has 1 N–H and O–H groups in total. The van der Waals surface area contributed by atoms with Crippen molar-refractivity contribution in [2.75, 3.05) is 0 Å². The van der Waals surface area contributed by atoms with Gasteiger partial charge in [-0.25, -0.2) is 9.18 Å². The fourth-order valence-corrected chi connectivity index (χ4v) is 3.89. The Morgan fingerprint density at radius 1 is 1.24 bits per heavy atom. The molecule has 2 aromatic heterocycles. The highest BCUT2D eigenvalue weighted by Gasteiger charge is 2.31. The van der Waals surface area contributed by atoms with Crippen molar-refractivity contribution in [3.05, 3.63) is 59.2 Å². The van der Waals surface area contributed by atoms with Crippen LogP contribution in [0.25, 0.3) is 11.1 Å². The summed E-state index contributed by atoms with van der Waals surface area (Å²) < 4.78 is 27.1. The first-order chi connectivity index (χ1) is 13.9. The van der Waals surface area contributed by atoms with E-state index in [0.717, 1.165) is 37.0 Å². The number of furan rings is 1. The van der Waals surface area contributed by atoms with Crippen LogP contribution in [0.15, 0.2) is 40.8 Å².